The maximum atomic E-state index is 2.53. The number of rotatable bonds is 1. The van der Waals surface area contributed by atoms with E-state index >= 15 is 0 Å². The predicted molar refractivity (Wildman–Crippen MR) is 108 cm³/mol. The number of benzene rings is 3. The van der Waals surface area contributed by atoms with Crippen LogP contribution in [0, 0.1) is 12.8 Å². The fourth-order valence-electron chi connectivity index (χ4n) is 4.28. The van der Waals surface area contributed by atoms with Crippen LogP contribution in [0.25, 0.3) is 32.6 Å². The second-order valence-electron chi connectivity index (χ2n) is 7.19. The minimum Gasteiger partial charge on any atom is -0.333 e. The van der Waals surface area contributed by atoms with Crippen LogP contribution < -0.4 is 0 Å². The van der Waals surface area contributed by atoms with Gasteiger partial charge in [0.15, 0.2) is 0 Å². The molecule has 0 radical (unpaired) electrons. The summed E-state index contributed by atoms with van der Waals surface area (Å²) in [6, 6.07) is 20.5. The first-order chi connectivity index (χ1) is 12.2. The molecule has 2 atom stereocenters. The fraction of sp³-hybridized carbons (Fsp3) is 0.167. The van der Waals surface area contributed by atoms with Crippen molar-refractivity contribution in [3.8, 4) is 0 Å². The van der Waals surface area contributed by atoms with E-state index in [2.05, 4.69) is 97.3 Å². The highest BCUT2D eigenvalue weighted by Crippen LogP contribution is 2.39. The average molecular weight is 323 g/mol. The smallest absolute Gasteiger partial charge is 0.0585 e. The second kappa shape index (κ2) is 5.35. The number of nitrogens with zero attached hydrogens (tertiary/aromatic N) is 1. The molecule has 4 aromatic rings. The van der Waals surface area contributed by atoms with E-state index < -0.39 is 0 Å². The Bertz CT molecular complexity index is 1170. The lowest BCUT2D eigenvalue weighted by atomic mass is 9.96. The molecule has 1 aliphatic carbocycles. The van der Waals surface area contributed by atoms with Crippen LogP contribution >= 0.6 is 0 Å². The number of aromatic nitrogens is 1. The second-order valence-corrected chi connectivity index (χ2v) is 7.19. The fourth-order valence-corrected chi connectivity index (χ4v) is 4.28. The third kappa shape index (κ3) is 2.09. The van der Waals surface area contributed by atoms with Crippen molar-refractivity contribution in [1.82, 2.24) is 4.57 Å². The Morgan fingerprint density at radius 3 is 2.48 bits per heavy atom. The Morgan fingerprint density at radius 1 is 0.800 bits per heavy atom. The molecular formula is C24H21N. The van der Waals surface area contributed by atoms with E-state index in [0.29, 0.717) is 12.0 Å². The van der Waals surface area contributed by atoms with Gasteiger partial charge >= 0.3 is 0 Å². The lowest BCUT2D eigenvalue weighted by Crippen LogP contribution is -2.15. The number of aryl methyl sites for hydroxylation is 1. The van der Waals surface area contributed by atoms with Crippen molar-refractivity contribution >= 4 is 32.6 Å². The first-order valence-electron chi connectivity index (χ1n) is 9.01. The van der Waals surface area contributed by atoms with Gasteiger partial charge in [0.2, 0.25) is 0 Å². The van der Waals surface area contributed by atoms with E-state index in [4.69, 9.17) is 0 Å². The highest BCUT2D eigenvalue weighted by molar-refractivity contribution is 6.20. The minimum absolute atomic E-state index is 0.355. The van der Waals surface area contributed by atoms with Gasteiger partial charge < -0.3 is 4.57 Å². The Hall–Kier alpha value is -2.80. The van der Waals surface area contributed by atoms with Gasteiger partial charge in [-0.25, -0.2) is 0 Å². The van der Waals surface area contributed by atoms with Crippen molar-refractivity contribution in [1.29, 1.82) is 0 Å². The van der Waals surface area contributed by atoms with Gasteiger partial charge in [-0.2, -0.15) is 0 Å². The SMILES string of the molecule is Cc1ccc2c(c1)c1c3ccccc3ccc1n2C1C=CC=CC1C. The van der Waals surface area contributed by atoms with Crippen molar-refractivity contribution in [3.63, 3.8) is 0 Å². The van der Waals surface area contributed by atoms with Crippen LogP contribution in [-0.4, -0.2) is 4.57 Å². The van der Waals surface area contributed by atoms with Gasteiger partial charge in [-0.3, -0.25) is 0 Å². The molecule has 0 saturated carbocycles. The summed E-state index contributed by atoms with van der Waals surface area (Å²) in [7, 11) is 0. The molecule has 5 rings (SSSR count). The van der Waals surface area contributed by atoms with E-state index in [1.807, 2.05) is 0 Å². The molecule has 122 valence electrons. The first kappa shape index (κ1) is 14.5. The molecule has 0 aliphatic heterocycles. The van der Waals surface area contributed by atoms with Crippen LogP contribution in [0.15, 0.2) is 78.9 Å². The highest BCUT2D eigenvalue weighted by Gasteiger charge is 2.22. The van der Waals surface area contributed by atoms with E-state index in [-0.39, 0.29) is 0 Å². The van der Waals surface area contributed by atoms with Gasteiger partial charge in [0.25, 0.3) is 0 Å². The molecule has 1 aliphatic rings. The molecule has 1 nitrogen and oxygen atoms in total. The quantitative estimate of drug-likeness (QED) is 0.374. The van der Waals surface area contributed by atoms with Crippen LogP contribution in [0.5, 0.6) is 0 Å². The molecule has 25 heavy (non-hydrogen) atoms. The lowest BCUT2D eigenvalue weighted by molar-refractivity contribution is 0.510. The van der Waals surface area contributed by atoms with Gasteiger partial charge in [-0.15, -0.1) is 0 Å². The Labute approximate surface area is 147 Å². The molecule has 2 unspecified atom stereocenters. The van der Waals surface area contributed by atoms with Crippen LogP contribution in [0.2, 0.25) is 0 Å². The minimum atomic E-state index is 0.355. The van der Waals surface area contributed by atoms with Crippen molar-refractivity contribution in [2.24, 2.45) is 5.92 Å². The molecule has 1 aromatic heterocycles. The summed E-state index contributed by atoms with van der Waals surface area (Å²) in [5, 5.41) is 5.40. The molecule has 0 N–H and O–H groups in total. The van der Waals surface area contributed by atoms with Crippen LogP contribution in [0.1, 0.15) is 18.5 Å². The number of hydrogen-bond donors (Lipinski definition) is 0. The summed E-state index contributed by atoms with van der Waals surface area (Å²) in [4.78, 5) is 0. The molecule has 3 aromatic carbocycles. The first-order valence-corrected chi connectivity index (χ1v) is 9.01. The third-order valence-corrected chi connectivity index (χ3v) is 5.52. The number of fused-ring (bicyclic) bond motifs is 5. The monoisotopic (exact) mass is 323 g/mol. The predicted octanol–water partition coefficient (Wildman–Crippen LogP) is 6.56. The summed E-state index contributed by atoms with van der Waals surface area (Å²) >= 11 is 0. The largest absolute Gasteiger partial charge is 0.333 e. The average Bonchev–Trinajstić information content (AvgIpc) is 2.96. The Kier molecular flexibility index (Phi) is 3.11. The zero-order chi connectivity index (χ0) is 17.0. The molecular weight excluding hydrogens is 302 g/mol. The van der Waals surface area contributed by atoms with Crippen LogP contribution in [-0.2, 0) is 0 Å². The Morgan fingerprint density at radius 2 is 1.60 bits per heavy atom. The summed E-state index contributed by atoms with van der Waals surface area (Å²) in [6.45, 7) is 4.48. The van der Waals surface area contributed by atoms with Gasteiger partial charge in [0.1, 0.15) is 0 Å². The maximum Gasteiger partial charge on any atom is 0.0585 e. The summed E-state index contributed by atoms with van der Waals surface area (Å²) < 4.78 is 2.53. The molecule has 0 fully saturated rings. The molecule has 0 bridgehead atoms. The topological polar surface area (TPSA) is 4.93 Å². The van der Waals surface area contributed by atoms with Crippen molar-refractivity contribution in [2.75, 3.05) is 0 Å². The van der Waals surface area contributed by atoms with E-state index in [9.17, 15) is 0 Å². The normalized spacial score (nSPS) is 20.1. The van der Waals surface area contributed by atoms with Gasteiger partial charge in [-0.1, -0.05) is 73.2 Å². The number of allylic oxidation sites excluding steroid dienone is 4. The molecule has 1 heterocycles. The molecule has 0 amide bonds. The molecule has 0 spiro atoms. The zero-order valence-electron chi connectivity index (χ0n) is 14.6. The van der Waals surface area contributed by atoms with Gasteiger partial charge in [-0.05, 0) is 41.8 Å². The van der Waals surface area contributed by atoms with Crippen LogP contribution in [0.3, 0.4) is 0 Å². The van der Waals surface area contributed by atoms with Crippen molar-refractivity contribution < 1.29 is 0 Å². The van der Waals surface area contributed by atoms with E-state index in [1.165, 1.54) is 38.1 Å². The molecule has 0 saturated heterocycles. The van der Waals surface area contributed by atoms with E-state index in [1.54, 1.807) is 0 Å². The summed E-state index contributed by atoms with van der Waals surface area (Å²) in [5.74, 6) is 0.483. The zero-order valence-corrected chi connectivity index (χ0v) is 14.6. The lowest BCUT2D eigenvalue weighted by Gasteiger charge is -2.24. The summed E-state index contributed by atoms with van der Waals surface area (Å²) in [5.41, 5.74) is 3.97. The number of hydrogen-bond acceptors (Lipinski definition) is 0. The van der Waals surface area contributed by atoms with Crippen molar-refractivity contribution in [2.45, 2.75) is 19.9 Å². The van der Waals surface area contributed by atoms with E-state index in [0.717, 1.165) is 0 Å². The van der Waals surface area contributed by atoms with Gasteiger partial charge in [0, 0.05) is 16.3 Å². The summed E-state index contributed by atoms with van der Waals surface area (Å²) in [6.07, 6.45) is 8.97. The highest BCUT2D eigenvalue weighted by atomic mass is 15.0. The van der Waals surface area contributed by atoms with Gasteiger partial charge in [0.05, 0.1) is 11.6 Å². The van der Waals surface area contributed by atoms with Crippen molar-refractivity contribution in [3.05, 3.63) is 84.5 Å². The Balaban J connectivity index is 1.98. The molecule has 1 heteroatoms. The third-order valence-electron chi connectivity index (χ3n) is 5.52. The maximum absolute atomic E-state index is 2.53. The standard InChI is InChI=1S/C24H21N/c1-16-11-13-22-20(15-16)24-19-9-5-4-8-18(19)12-14-23(24)25(22)21-10-6-3-7-17(21)2/h3-15,17,21H,1-2H3. The van der Waals surface area contributed by atoms with Crippen LogP contribution in [0.4, 0.5) is 0 Å².